The van der Waals surface area contributed by atoms with Gasteiger partial charge in [0, 0.05) is 38.6 Å². The summed E-state index contributed by atoms with van der Waals surface area (Å²) in [5.41, 5.74) is -0.692. The van der Waals surface area contributed by atoms with Gasteiger partial charge >= 0.3 is 11.9 Å². The van der Waals surface area contributed by atoms with Crippen LogP contribution in [0.2, 0.25) is 0 Å². The maximum atomic E-state index is 13.7. The third-order valence-electron chi connectivity index (χ3n) is 4.63. The van der Waals surface area contributed by atoms with Gasteiger partial charge < -0.3 is 14.8 Å². The number of rotatable bonds is 6. The molecule has 156 valence electrons. The minimum absolute atomic E-state index is 0.193. The van der Waals surface area contributed by atoms with Crippen molar-refractivity contribution in [2.24, 2.45) is 0 Å². The van der Waals surface area contributed by atoms with Gasteiger partial charge in [0.05, 0.1) is 19.7 Å². The Bertz CT molecular complexity index is 531. The lowest BCUT2D eigenvalue weighted by atomic mass is 10.0. The average molecular weight is 391 g/mol. The molecule has 0 bridgehead atoms. The van der Waals surface area contributed by atoms with Crippen LogP contribution in [0.5, 0.6) is 0 Å². The summed E-state index contributed by atoms with van der Waals surface area (Å²) in [6.45, 7) is 9.23. The summed E-state index contributed by atoms with van der Waals surface area (Å²) in [6, 6.07) is -1.44. The Morgan fingerprint density at radius 3 is 2.33 bits per heavy atom. The number of halogens is 2. The third-order valence-corrected chi connectivity index (χ3v) is 4.63. The van der Waals surface area contributed by atoms with E-state index in [4.69, 9.17) is 9.47 Å². The van der Waals surface area contributed by atoms with E-state index in [2.05, 4.69) is 5.32 Å². The van der Waals surface area contributed by atoms with Crippen molar-refractivity contribution in [1.82, 2.24) is 15.1 Å². The van der Waals surface area contributed by atoms with E-state index in [0.717, 1.165) is 0 Å². The molecule has 0 aliphatic carbocycles. The van der Waals surface area contributed by atoms with Crippen LogP contribution in [0.3, 0.4) is 0 Å². The predicted molar refractivity (Wildman–Crippen MR) is 95.6 cm³/mol. The molecule has 0 aromatic heterocycles. The first kappa shape index (κ1) is 22.0. The molecule has 0 aromatic rings. The van der Waals surface area contributed by atoms with Crippen LogP contribution >= 0.6 is 0 Å². The largest absolute Gasteiger partial charge is 0.465 e. The SMILES string of the molecule is CCOC(=O)CN1CCN(C(C(=O)OC(C)(C)C)C2CC(F)(F)CN2)CC1. The van der Waals surface area contributed by atoms with Gasteiger partial charge in [-0.15, -0.1) is 0 Å². The number of carbonyl (C=O) groups excluding carboxylic acids is 2. The minimum atomic E-state index is -2.82. The monoisotopic (exact) mass is 391 g/mol. The Hall–Kier alpha value is -1.32. The normalized spacial score (nSPS) is 25.2. The first-order chi connectivity index (χ1) is 12.5. The van der Waals surface area contributed by atoms with Gasteiger partial charge in [-0.05, 0) is 27.7 Å². The molecule has 2 saturated heterocycles. The molecule has 0 radical (unpaired) electrons. The Labute approximate surface area is 159 Å². The van der Waals surface area contributed by atoms with Gasteiger partial charge in [0.15, 0.2) is 0 Å². The zero-order valence-corrected chi connectivity index (χ0v) is 16.6. The smallest absolute Gasteiger partial charge is 0.325 e. The van der Waals surface area contributed by atoms with E-state index in [1.807, 2.05) is 9.80 Å². The van der Waals surface area contributed by atoms with Crippen molar-refractivity contribution in [3.8, 4) is 0 Å². The zero-order valence-electron chi connectivity index (χ0n) is 16.6. The molecule has 0 aromatic carbocycles. The summed E-state index contributed by atoms with van der Waals surface area (Å²) >= 11 is 0. The van der Waals surface area contributed by atoms with Crippen LogP contribution in [0.4, 0.5) is 8.78 Å². The first-order valence-corrected chi connectivity index (χ1v) is 9.47. The Balaban J connectivity index is 2.02. The molecule has 2 unspecified atom stereocenters. The van der Waals surface area contributed by atoms with Gasteiger partial charge in [-0.2, -0.15) is 0 Å². The molecule has 0 spiro atoms. The van der Waals surface area contributed by atoms with E-state index in [9.17, 15) is 18.4 Å². The van der Waals surface area contributed by atoms with E-state index in [-0.39, 0.29) is 18.9 Å². The van der Waals surface area contributed by atoms with Crippen molar-refractivity contribution in [1.29, 1.82) is 0 Å². The molecule has 1 N–H and O–H groups in total. The molecule has 2 aliphatic rings. The van der Waals surface area contributed by atoms with Crippen LogP contribution < -0.4 is 5.32 Å². The number of nitrogens with one attached hydrogen (secondary N) is 1. The molecule has 0 saturated carbocycles. The van der Waals surface area contributed by atoms with Crippen molar-refractivity contribution in [3.05, 3.63) is 0 Å². The molecule has 7 nitrogen and oxygen atoms in total. The van der Waals surface area contributed by atoms with Gasteiger partial charge in [-0.3, -0.25) is 19.4 Å². The molecule has 0 amide bonds. The minimum Gasteiger partial charge on any atom is -0.465 e. The second-order valence-electron chi connectivity index (χ2n) is 8.14. The molecule has 2 atom stereocenters. The molecule has 27 heavy (non-hydrogen) atoms. The number of esters is 2. The Morgan fingerprint density at radius 1 is 1.22 bits per heavy atom. The van der Waals surface area contributed by atoms with Crippen LogP contribution in [0, 0.1) is 0 Å². The van der Waals surface area contributed by atoms with Gasteiger partial charge in [-0.25, -0.2) is 8.78 Å². The van der Waals surface area contributed by atoms with Crippen LogP contribution in [-0.4, -0.2) is 91.2 Å². The lowest BCUT2D eigenvalue weighted by molar-refractivity contribution is -0.164. The van der Waals surface area contributed by atoms with Crippen molar-refractivity contribution in [2.45, 2.75) is 57.7 Å². The fourth-order valence-electron chi connectivity index (χ4n) is 3.49. The summed E-state index contributed by atoms with van der Waals surface area (Å²) < 4.78 is 37.9. The summed E-state index contributed by atoms with van der Waals surface area (Å²) in [4.78, 5) is 28.2. The topological polar surface area (TPSA) is 71.1 Å². The lowest BCUT2D eigenvalue weighted by Crippen LogP contribution is -2.59. The second-order valence-corrected chi connectivity index (χ2v) is 8.14. The van der Waals surface area contributed by atoms with Crippen LogP contribution in [0.15, 0.2) is 0 Å². The summed E-state index contributed by atoms with van der Waals surface area (Å²) in [6.07, 6.45) is -0.389. The fourth-order valence-corrected chi connectivity index (χ4v) is 3.49. The summed E-state index contributed by atoms with van der Waals surface area (Å²) in [5, 5.41) is 2.79. The van der Waals surface area contributed by atoms with Crippen LogP contribution in [0.1, 0.15) is 34.1 Å². The highest BCUT2D eigenvalue weighted by molar-refractivity contribution is 5.77. The summed E-state index contributed by atoms with van der Waals surface area (Å²) in [5.74, 6) is -3.60. The maximum Gasteiger partial charge on any atom is 0.325 e. The second kappa shape index (κ2) is 8.79. The Kier molecular flexibility index (Phi) is 7.15. The number of carbonyl (C=O) groups is 2. The van der Waals surface area contributed by atoms with Gasteiger partial charge in [0.1, 0.15) is 11.6 Å². The molecular weight excluding hydrogens is 360 g/mol. The number of nitrogens with zero attached hydrogens (tertiary/aromatic N) is 2. The molecule has 2 aliphatic heterocycles. The number of alkyl halides is 2. The first-order valence-electron chi connectivity index (χ1n) is 9.47. The molecule has 2 rings (SSSR count). The summed E-state index contributed by atoms with van der Waals surface area (Å²) in [7, 11) is 0. The van der Waals surface area contributed by atoms with Crippen LogP contribution in [-0.2, 0) is 19.1 Å². The predicted octanol–water partition coefficient (Wildman–Crippen LogP) is 0.875. The van der Waals surface area contributed by atoms with E-state index in [1.165, 1.54) is 0 Å². The van der Waals surface area contributed by atoms with Gasteiger partial charge in [0.25, 0.3) is 5.92 Å². The maximum absolute atomic E-state index is 13.7. The van der Waals surface area contributed by atoms with E-state index in [0.29, 0.717) is 32.8 Å². The average Bonchev–Trinajstić information content (AvgIpc) is 2.87. The zero-order chi connectivity index (χ0) is 20.2. The number of ether oxygens (including phenoxy) is 2. The van der Waals surface area contributed by atoms with E-state index >= 15 is 0 Å². The van der Waals surface area contributed by atoms with Gasteiger partial charge in [-0.1, -0.05) is 0 Å². The fraction of sp³-hybridized carbons (Fsp3) is 0.889. The molecule has 2 fully saturated rings. The standard InChI is InChI=1S/C18H31F2N3O4/c1-5-26-14(24)11-22-6-8-23(9-7-22)15(16(25)27-17(2,3)4)13-10-18(19,20)12-21-13/h13,15,21H,5-12H2,1-4H3. The highest BCUT2D eigenvalue weighted by Crippen LogP contribution is 2.29. The van der Waals surface area contributed by atoms with Crippen molar-refractivity contribution >= 4 is 11.9 Å². The highest BCUT2D eigenvalue weighted by Gasteiger charge is 2.47. The molecule has 9 heteroatoms. The molecular formula is C18H31F2N3O4. The number of hydrogen-bond donors (Lipinski definition) is 1. The number of hydrogen-bond acceptors (Lipinski definition) is 7. The van der Waals surface area contributed by atoms with Crippen molar-refractivity contribution in [3.63, 3.8) is 0 Å². The van der Waals surface area contributed by atoms with E-state index in [1.54, 1.807) is 27.7 Å². The molecule has 2 heterocycles. The number of piperazine rings is 1. The van der Waals surface area contributed by atoms with Gasteiger partial charge in [0.2, 0.25) is 0 Å². The highest BCUT2D eigenvalue weighted by atomic mass is 19.3. The van der Waals surface area contributed by atoms with E-state index < -0.39 is 36.1 Å². The van der Waals surface area contributed by atoms with Crippen molar-refractivity contribution in [2.75, 3.05) is 45.9 Å². The van der Waals surface area contributed by atoms with Crippen LogP contribution in [0.25, 0.3) is 0 Å². The Morgan fingerprint density at radius 2 is 1.85 bits per heavy atom. The quantitative estimate of drug-likeness (QED) is 0.674. The van der Waals surface area contributed by atoms with Crippen molar-refractivity contribution < 1.29 is 27.8 Å². The lowest BCUT2D eigenvalue weighted by Gasteiger charge is -2.40. The third kappa shape index (κ3) is 6.65.